The maximum atomic E-state index is 9.59. The molecule has 0 saturated carbocycles. The third-order valence-corrected chi connectivity index (χ3v) is 4.04. The van der Waals surface area contributed by atoms with Crippen molar-refractivity contribution < 1.29 is 5.11 Å². The van der Waals surface area contributed by atoms with E-state index in [2.05, 4.69) is 12.2 Å². The molecule has 0 bridgehead atoms. The molecule has 2 atom stereocenters. The first-order chi connectivity index (χ1) is 6.97. The molecular formula is C12H25NOS. The van der Waals surface area contributed by atoms with Crippen LogP contribution in [-0.4, -0.2) is 34.3 Å². The van der Waals surface area contributed by atoms with Crippen LogP contribution in [0, 0.1) is 0 Å². The Kier molecular flexibility index (Phi) is 5.44. The van der Waals surface area contributed by atoms with E-state index in [-0.39, 0.29) is 0 Å². The molecule has 2 unspecified atom stereocenters. The van der Waals surface area contributed by atoms with Crippen LogP contribution in [-0.2, 0) is 0 Å². The molecule has 2 nitrogen and oxygen atoms in total. The van der Waals surface area contributed by atoms with Crippen molar-refractivity contribution in [1.29, 1.82) is 0 Å². The molecule has 90 valence electrons. The van der Waals surface area contributed by atoms with Gasteiger partial charge in [-0.1, -0.05) is 0 Å². The van der Waals surface area contributed by atoms with Gasteiger partial charge < -0.3 is 10.4 Å². The van der Waals surface area contributed by atoms with Crippen molar-refractivity contribution in [2.24, 2.45) is 0 Å². The summed E-state index contributed by atoms with van der Waals surface area (Å²) in [6, 6.07) is 1.32. The van der Waals surface area contributed by atoms with Crippen molar-refractivity contribution in [1.82, 2.24) is 5.32 Å². The first-order valence-electron chi connectivity index (χ1n) is 6.03. The molecule has 0 aromatic heterocycles. The highest BCUT2D eigenvalue weighted by Gasteiger charge is 2.18. The number of hydrogen-bond donors (Lipinski definition) is 2. The number of nitrogens with one attached hydrogen (secondary N) is 1. The fourth-order valence-corrected chi connectivity index (χ4v) is 3.16. The van der Waals surface area contributed by atoms with Crippen molar-refractivity contribution in [3.05, 3.63) is 0 Å². The zero-order valence-electron chi connectivity index (χ0n) is 10.3. The normalized spacial score (nSPS) is 24.4. The Labute approximate surface area is 98.2 Å². The summed E-state index contributed by atoms with van der Waals surface area (Å²) >= 11 is 2.05. The van der Waals surface area contributed by atoms with Crippen molar-refractivity contribution in [2.45, 2.75) is 64.1 Å². The van der Waals surface area contributed by atoms with E-state index in [1.165, 1.54) is 24.3 Å². The van der Waals surface area contributed by atoms with Crippen molar-refractivity contribution in [3.8, 4) is 0 Å². The SMILES string of the molecule is CC(CCCC(C)(C)O)NC1CCSC1. The number of rotatable bonds is 6. The quantitative estimate of drug-likeness (QED) is 0.736. The van der Waals surface area contributed by atoms with Gasteiger partial charge in [-0.25, -0.2) is 0 Å². The van der Waals surface area contributed by atoms with E-state index in [4.69, 9.17) is 0 Å². The summed E-state index contributed by atoms with van der Waals surface area (Å²) in [7, 11) is 0. The van der Waals surface area contributed by atoms with E-state index in [0.717, 1.165) is 18.9 Å². The Morgan fingerprint density at radius 1 is 1.53 bits per heavy atom. The molecule has 1 heterocycles. The Hall–Kier alpha value is 0.270. The van der Waals surface area contributed by atoms with Gasteiger partial charge in [0, 0.05) is 17.8 Å². The minimum absolute atomic E-state index is 0.497. The van der Waals surface area contributed by atoms with Crippen LogP contribution in [0.5, 0.6) is 0 Å². The lowest BCUT2D eigenvalue weighted by Crippen LogP contribution is -2.36. The Morgan fingerprint density at radius 2 is 2.27 bits per heavy atom. The maximum absolute atomic E-state index is 9.59. The van der Waals surface area contributed by atoms with Gasteiger partial charge in [0.05, 0.1) is 5.60 Å². The van der Waals surface area contributed by atoms with Crippen LogP contribution in [0.1, 0.15) is 46.5 Å². The first kappa shape index (κ1) is 13.3. The first-order valence-corrected chi connectivity index (χ1v) is 7.19. The number of thioether (sulfide) groups is 1. The van der Waals surface area contributed by atoms with Gasteiger partial charge in [0.1, 0.15) is 0 Å². The van der Waals surface area contributed by atoms with Crippen LogP contribution in [0.3, 0.4) is 0 Å². The number of aliphatic hydroxyl groups is 1. The van der Waals surface area contributed by atoms with Crippen molar-refractivity contribution in [2.75, 3.05) is 11.5 Å². The van der Waals surface area contributed by atoms with E-state index in [1.54, 1.807) is 0 Å². The molecule has 0 radical (unpaired) electrons. The second-order valence-electron chi connectivity index (χ2n) is 5.33. The minimum Gasteiger partial charge on any atom is -0.390 e. The molecule has 15 heavy (non-hydrogen) atoms. The summed E-state index contributed by atoms with van der Waals surface area (Å²) in [5.41, 5.74) is -0.497. The molecule has 0 aromatic carbocycles. The summed E-state index contributed by atoms with van der Waals surface area (Å²) in [5, 5.41) is 13.3. The molecule has 1 rings (SSSR count). The van der Waals surface area contributed by atoms with Gasteiger partial charge in [-0.3, -0.25) is 0 Å². The van der Waals surface area contributed by atoms with Crippen LogP contribution >= 0.6 is 11.8 Å². The van der Waals surface area contributed by atoms with Gasteiger partial charge in [-0.15, -0.1) is 0 Å². The molecule has 3 heteroatoms. The van der Waals surface area contributed by atoms with Gasteiger partial charge in [0.25, 0.3) is 0 Å². The molecule has 0 spiro atoms. The highest BCUT2D eigenvalue weighted by Crippen LogP contribution is 2.19. The summed E-state index contributed by atoms with van der Waals surface area (Å²) < 4.78 is 0. The Morgan fingerprint density at radius 3 is 2.80 bits per heavy atom. The monoisotopic (exact) mass is 231 g/mol. The smallest absolute Gasteiger partial charge is 0.0591 e. The Bertz CT molecular complexity index is 173. The largest absolute Gasteiger partial charge is 0.390 e. The zero-order chi connectivity index (χ0) is 11.3. The Balaban J connectivity index is 2.05. The fourth-order valence-electron chi connectivity index (χ4n) is 1.99. The second kappa shape index (κ2) is 6.12. The van der Waals surface area contributed by atoms with E-state index in [0.29, 0.717) is 6.04 Å². The standard InChI is InChI=1S/C12H25NOS/c1-10(5-4-7-12(2,3)14)13-11-6-8-15-9-11/h10-11,13-14H,4-9H2,1-3H3. The molecule has 0 aromatic rings. The second-order valence-corrected chi connectivity index (χ2v) is 6.48. The molecule has 1 aliphatic rings. The predicted octanol–water partition coefficient (Wildman–Crippen LogP) is 2.41. The van der Waals surface area contributed by atoms with Crippen LogP contribution in [0.4, 0.5) is 0 Å². The fraction of sp³-hybridized carbons (Fsp3) is 1.00. The molecule has 1 aliphatic heterocycles. The molecule has 0 amide bonds. The van der Waals surface area contributed by atoms with E-state index in [1.807, 2.05) is 25.6 Å². The number of hydrogen-bond acceptors (Lipinski definition) is 3. The van der Waals surface area contributed by atoms with Crippen LogP contribution in [0.15, 0.2) is 0 Å². The highest BCUT2D eigenvalue weighted by molar-refractivity contribution is 7.99. The summed E-state index contributed by atoms with van der Waals surface area (Å²) in [4.78, 5) is 0. The zero-order valence-corrected chi connectivity index (χ0v) is 11.1. The summed E-state index contributed by atoms with van der Waals surface area (Å²) in [6.45, 7) is 6.03. The van der Waals surface area contributed by atoms with E-state index in [9.17, 15) is 5.11 Å². The third kappa shape index (κ3) is 6.44. The minimum atomic E-state index is -0.497. The van der Waals surface area contributed by atoms with Gasteiger partial charge in [0.15, 0.2) is 0 Å². The van der Waals surface area contributed by atoms with Crippen LogP contribution in [0.25, 0.3) is 0 Å². The topological polar surface area (TPSA) is 32.3 Å². The van der Waals surface area contributed by atoms with E-state index >= 15 is 0 Å². The molecule has 1 saturated heterocycles. The average Bonchev–Trinajstić information content (AvgIpc) is 2.54. The molecule has 0 aliphatic carbocycles. The lowest BCUT2D eigenvalue weighted by atomic mass is 9.99. The van der Waals surface area contributed by atoms with Crippen LogP contribution < -0.4 is 5.32 Å². The lowest BCUT2D eigenvalue weighted by molar-refractivity contribution is 0.0674. The predicted molar refractivity (Wildman–Crippen MR) is 68.5 cm³/mol. The summed E-state index contributed by atoms with van der Waals surface area (Å²) in [5.74, 6) is 2.59. The van der Waals surface area contributed by atoms with Gasteiger partial charge in [-0.2, -0.15) is 11.8 Å². The summed E-state index contributed by atoms with van der Waals surface area (Å²) in [6.07, 6.45) is 4.50. The van der Waals surface area contributed by atoms with Crippen molar-refractivity contribution >= 4 is 11.8 Å². The molecular weight excluding hydrogens is 206 g/mol. The van der Waals surface area contributed by atoms with Crippen LogP contribution in [0.2, 0.25) is 0 Å². The molecule has 2 N–H and O–H groups in total. The average molecular weight is 231 g/mol. The third-order valence-electron chi connectivity index (χ3n) is 2.88. The van der Waals surface area contributed by atoms with E-state index < -0.39 is 5.60 Å². The van der Waals surface area contributed by atoms with Gasteiger partial charge in [-0.05, 0) is 52.2 Å². The maximum Gasteiger partial charge on any atom is 0.0591 e. The lowest BCUT2D eigenvalue weighted by Gasteiger charge is -2.21. The van der Waals surface area contributed by atoms with Crippen molar-refractivity contribution in [3.63, 3.8) is 0 Å². The highest BCUT2D eigenvalue weighted by atomic mass is 32.2. The van der Waals surface area contributed by atoms with Gasteiger partial charge >= 0.3 is 0 Å². The molecule has 1 fully saturated rings. The van der Waals surface area contributed by atoms with Gasteiger partial charge in [0.2, 0.25) is 0 Å².